The molecule has 1 aliphatic carbocycles. The molecule has 7 heavy (non-hydrogen) atoms. The maximum Gasteiger partial charge on any atom is 0.153 e. The zero-order valence-electron chi connectivity index (χ0n) is 3.79. The van der Waals surface area contributed by atoms with Crippen LogP contribution in [0.25, 0.3) is 0 Å². The van der Waals surface area contributed by atoms with Crippen molar-refractivity contribution in [3.05, 3.63) is 0 Å². The van der Waals surface area contributed by atoms with E-state index in [1.165, 1.54) is 0 Å². The van der Waals surface area contributed by atoms with Crippen LogP contribution in [0.1, 0.15) is 6.42 Å². The standard InChI is InChI=1S/C4H6O2S/c5-7(6)2-3-1-4(3)7/h3-4H,1-2H2. The Morgan fingerprint density at radius 3 is 2.14 bits per heavy atom. The first-order valence-corrected chi connectivity index (χ1v) is 4.13. The zero-order valence-corrected chi connectivity index (χ0v) is 4.61. The van der Waals surface area contributed by atoms with E-state index in [2.05, 4.69) is 0 Å². The quantitative estimate of drug-likeness (QED) is 0.441. The van der Waals surface area contributed by atoms with Gasteiger partial charge in [0.1, 0.15) is 0 Å². The maximum absolute atomic E-state index is 10.5. The van der Waals surface area contributed by atoms with E-state index < -0.39 is 9.84 Å². The monoisotopic (exact) mass is 118 g/mol. The highest BCUT2D eigenvalue weighted by atomic mass is 32.2. The summed E-state index contributed by atoms with van der Waals surface area (Å²) in [7, 11) is -2.49. The summed E-state index contributed by atoms with van der Waals surface area (Å²) in [5.74, 6) is 1.07. The van der Waals surface area contributed by atoms with Crippen LogP contribution in [-0.2, 0) is 9.84 Å². The highest BCUT2D eigenvalue weighted by Crippen LogP contribution is 2.48. The van der Waals surface area contributed by atoms with Crippen molar-refractivity contribution in [2.75, 3.05) is 5.75 Å². The van der Waals surface area contributed by atoms with Crippen LogP contribution in [0.3, 0.4) is 0 Å². The topological polar surface area (TPSA) is 34.1 Å². The van der Waals surface area contributed by atoms with E-state index in [9.17, 15) is 8.42 Å². The van der Waals surface area contributed by atoms with Crippen LogP contribution in [0.15, 0.2) is 0 Å². The number of rotatable bonds is 0. The minimum Gasteiger partial charge on any atom is -0.229 e. The van der Waals surface area contributed by atoms with Gasteiger partial charge in [0, 0.05) is 0 Å². The highest BCUT2D eigenvalue weighted by molar-refractivity contribution is 7.94. The SMILES string of the molecule is O=S1(=O)CC2CC21. The van der Waals surface area contributed by atoms with Crippen molar-refractivity contribution >= 4 is 9.84 Å². The summed E-state index contributed by atoms with van der Waals surface area (Å²) < 4.78 is 20.9. The summed E-state index contributed by atoms with van der Waals surface area (Å²) in [4.78, 5) is 0. The second-order valence-electron chi connectivity index (χ2n) is 2.36. The van der Waals surface area contributed by atoms with Crippen LogP contribution in [0.2, 0.25) is 0 Å². The summed E-state index contributed by atoms with van der Waals surface area (Å²) in [6.45, 7) is 0. The second-order valence-corrected chi connectivity index (χ2v) is 4.63. The molecule has 0 amide bonds. The molecule has 0 aromatic carbocycles. The van der Waals surface area contributed by atoms with Crippen molar-refractivity contribution in [2.24, 2.45) is 5.92 Å². The van der Waals surface area contributed by atoms with Gasteiger partial charge in [0.2, 0.25) is 0 Å². The lowest BCUT2D eigenvalue weighted by Gasteiger charge is -2.08. The number of sulfone groups is 1. The van der Waals surface area contributed by atoms with Gasteiger partial charge in [0.15, 0.2) is 9.84 Å². The Hall–Kier alpha value is -0.0500. The molecule has 40 valence electrons. The van der Waals surface area contributed by atoms with E-state index in [1.54, 1.807) is 0 Å². The molecule has 0 N–H and O–H groups in total. The molecule has 0 aromatic heterocycles. The lowest BCUT2D eigenvalue weighted by Crippen LogP contribution is -2.25. The first-order valence-electron chi connectivity index (χ1n) is 2.42. The summed E-state index contributed by atoms with van der Waals surface area (Å²) in [6.07, 6.45) is 0.961. The van der Waals surface area contributed by atoms with Crippen LogP contribution in [-0.4, -0.2) is 19.4 Å². The Kier molecular flexibility index (Phi) is 0.417. The van der Waals surface area contributed by atoms with Gasteiger partial charge in [-0.25, -0.2) is 8.42 Å². The van der Waals surface area contributed by atoms with Crippen molar-refractivity contribution in [2.45, 2.75) is 11.7 Å². The third-order valence-electron chi connectivity index (χ3n) is 1.77. The van der Waals surface area contributed by atoms with Crippen molar-refractivity contribution in [3.8, 4) is 0 Å². The zero-order chi connectivity index (χ0) is 5.07. The number of fused-ring (bicyclic) bond motifs is 1. The number of hydrogen-bond acceptors (Lipinski definition) is 2. The normalized spacial score (nSPS) is 52.0. The molecule has 2 fully saturated rings. The van der Waals surface area contributed by atoms with E-state index in [0.29, 0.717) is 11.7 Å². The van der Waals surface area contributed by atoms with Gasteiger partial charge in [-0.05, 0) is 12.3 Å². The Morgan fingerprint density at radius 2 is 2.14 bits per heavy atom. The van der Waals surface area contributed by atoms with Crippen LogP contribution < -0.4 is 0 Å². The third kappa shape index (κ3) is 0.323. The molecule has 0 spiro atoms. The highest BCUT2D eigenvalue weighted by Gasteiger charge is 2.58. The van der Waals surface area contributed by atoms with Crippen molar-refractivity contribution in [1.82, 2.24) is 0 Å². The van der Waals surface area contributed by atoms with Crippen molar-refractivity contribution < 1.29 is 8.42 Å². The van der Waals surface area contributed by atoms with Crippen LogP contribution in [0, 0.1) is 5.92 Å². The lowest BCUT2D eigenvalue weighted by atomic mass is 10.5. The molecule has 2 atom stereocenters. The summed E-state index contributed by atoms with van der Waals surface area (Å²) in [6, 6.07) is 0. The van der Waals surface area contributed by atoms with Gasteiger partial charge in [-0.2, -0.15) is 0 Å². The summed E-state index contributed by atoms with van der Waals surface area (Å²) in [5.41, 5.74) is 0. The van der Waals surface area contributed by atoms with E-state index in [-0.39, 0.29) is 5.25 Å². The predicted molar refractivity (Wildman–Crippen MR) is 25.7 cm³/mol. The molecular formula is C4H6O2S. The minimum absolute atomic E-state index is 0.118. The van der Waals surface area contributed by atoms with Gasteiger partial charge in [-0.15, -0.1) is 0 Å². The summed E-state index contributed by atoms with van der Waals surface area (Å²) >= 11 is 0. The fourth-order valence-electron chi connectivity index (χ4n) is 1.13. The largest absolute Gasteiger partial charge is 0.229 e. The molecule has 0 bridgehead atoms. The van der Waals surface area contributed by atoms with Crippen molar-refractivity contribution in [1.29, 1.82) is 0 Å². The minimum atomic E-state index is -2.49. The van der Waals surface area contributed by atoms with E-state index in [1.807, 2.05) is 0 Å². The molecule has 0 aromatic rings. The van der Waals surface area contributed by atoms with Gasteiger partial charge in [-0.1, -0.05) is 0 Å². The Bertz CT molecular complexity index is 192. The Balaban J connectivity index is 2.46. The Morgan fingerprint density at radius 1 is 1.43 bits per heavy atom. The first-order chi connectivity index (χ1) is 3.20. The molecule has 3 heteroatoms. The second kappa shape index (κ2) is 0.749. The number of hydrogen-bond donors (Lipinski definition) is 0. The average molecular weight is 118 g/mol. The maximum atomic E-state index is 10.5. The van der Waals surface area contributed by atoms with E-state index in [0.717, 1.165) is 6.42 Å². The van der Waals surface area contributed by atoms with Crippen molar-refractivity contribution in [3.63, 3.8) is 0 Å². The third-order valence-corrected chi connectivity index (χ3v) is 4.16. The van der Waals surface area contributed by atoms with Crippen LogP contribution in [0.5, 0.6) is 0 Å². The van der Waals surface area contributed by atoms with Gasteiger partial charge in [0.25, 0.3) is 0 Å². The molecular weight excluding hydrogens is 112 g/mol. The van der Waals surface area contributed by atoms with E-state index >= 15 is 0 Å². The molecule has 2 rings (SSSR count). The van der Waals surface area contributed by atoms with Gasteiger partial charge < -0.3 is 0 Å². The van der Waals surface area contributed by atoms with Gasteiger partial charge in [0.05, 0.1) is 11.0 Å². The first kappa shape index (κ1) is 3.89. The van der Waals surface area contributed by atoms with E-state index in [4.69, 9.17) is 0 Å². The summed E-state index contributed by atoms with van der Waals surface area (Å²) in [5, 5.41) is 0.118. The molecule has 2 nitrogen and oxygen atoms in total. The molecule has 1 saturated carbocycles. The average Bonchev–Trinajstić information content (AvgIpc) is 2.13. The molecule has 1 heterocycles. The predicted octanol–water partition coefficient (Wildman–Crippen LogP) is -0.197. The molecule has 2 aliphatic rings. The molecule has 0 radical (unpaired) electrons. The smallest absolute Gasteiger partial charge is 0.153 e. The molecule has 2 unspecified atom stereocenters. The molecule has 1 aliphatic heterocycles. The van der Waals surface area contributed by atoms with Gasteiger partial charge in [-0.3, -0.25) is 0 Å². The van der Waals surface area contributed by atoms with Crippen LogP contribution in [0.4, 0.5) is 0 Å². The fraction of sp³-hybridized carbons (Fsp3) is 1.00. The van der Waals surface area contributed by atoms with Crippen LogP contribution >= 0.6 is 0 Å². The molecule has 1 saturated heterocycles. The van der Waals surface area contributed by atoms with Gasteiger partial charge >= 0.3 is 0 Å². The Labute approximate surface area is 42.4 Å². The fourth-order valence-corrected chi connectivity index (χ4v) is 3.21. The lowest BCUT2D eigenvalue weighted by molar-refractivity contribution is 0.577.